The Bertz CT molecular complexity index is 1060. The molecule has 2 N–H and O–H groups in total. The highest BCUT2D eigenvalue weighted by Crippen LogP contribution is 2.33. The molecule has 8 heteroatoms. The van der Waals surface area contributed by atoms with Crippen LogP contribution in [0.1, 0.15) is 26.0 Å². The van der Waals surface area contributed by atoms with Crippen molar-refractivity contribution < 1.29 is 0 Å². The van der Waals surface area contributed by atoms with Gasteiger partial charge in [-0.1, -0.05) is 18.5 Å². The number of halogens is 1. The van der Waals surface area contributed by atoms with E-state index in [2.05, 4.69) is 34.6 Å². The third-order valence-corrected chi connectivity index (χ3v) is 6.69. The fraction of sp³-hybridized carbons (Fsp3) is 0.500. The number of rotatable bonds is 3. The summed E-state index contributed by atoms with van der Waals surface area (Å²) in [5.74, 6) is 2.66. The lowest BCUT2D eigenvalue weighted by atomic mass is 9.79. The lowest BCUT2D eigenvalue weighted by Gasteiger charge is -2.40. The second-order valence-corrected chi connectivity index (χ2v) is 9.33. The molecule has 5 rings (SSSR count). The predicted octanol–water partition coefficient (Wildman–Crippen LogP) is 3.33. The predicted molar refractivity (Wildman–Crippen MR) is 120 cm³/mol. The van der Waals surface area contributed by atoms with Gasteiger partial charge < -0.3 is 4.90 Å². The van der Waals surface area contributed by atoms with Gasteiger partial charge in [0.15, 0.2) is 0 Å². The highest BCUT2D eigenvalue weighted by atomic mass is 35.5. The number of hydrazine groups is 1. The van der Waals surface area contributed by atoms with Gasteiger partial charge in [0.25, 0.3) is 0 Å². The monoisotopic (exact) mass is 425 g/mol. The maximum Gasteiger partial charge on any atom is 0.226 e. The summed E-state index contributed by atoms with van der Waals surface area (Å²) in [6, 6.07) is 6.28. The molecule has 5 heterocycles. The number of pyridine rings is 1. The molecule has 2 unspecified atom stereocenters. The summed E-state index contributed by atoms with van der Waals surface area (Å²) in [7, 11) is 0. The summed E-state index contributed by atoms with van der Waals surface area (Å²) in [5, 5.41) is 0.674. The van der Waals surface area contributed by atoms with Gasteiger partial charge in [0, 0.05) is 37.6 Å². The molecule has 2 aliphatic heterocycles. The van der Waals surface area contributed by atoms with Gasteiger partial charge in [-0.25, -0.2) is 15.0 Å². The Morgan fingerprint density at radius 2 is 2.03 bits per heavy atom. The number of imidazole rings is 1. The third-order valence-electron chi connectivity index (χ3n) is 6.46. The van der Waals surface area contributed by atoms with E-state index in [1.165, 1.54) is 6.42 Å². The fourth-order valence-corrected chi connectivity index (χ4v) is 5.20. The van der Waals surface area contributed by atoms with Crippen LogP contribution in [-0.4, -0.2) is 45.0 Å². The number of nitrogens with one attached hydrogen (secondary N) is 2. The van der Waals surface area contributed by atoms with Crippen LogP contribution in [-0.2, 0) is 0 Å². The van der Waals surface area contributed by atoms with Crippen LogP contribution in [0.5, 0.6) is 0 Å². The Hall–Kier alpha value is -2.22. The molecule has 3 aromatic rings. The van der Waals surface area contributed by atoms with Crippen molar-refractivity contribution in [3.05, 3.63) is 41.3 Å². The Balaban J connectivity index is 1.49. The van der Waals surface area contributed by atoms with E-state index in [9.17, 15) is 0 Å². The van der Waals surface area contributed by atoms with Crippen LogP contribution in [0.25, 0.3) is 17.0 Å². The Morgan fingerprint density at radius 1 is 1.17 bits per heavy atom. The molecular formula is C22H28ClN7. The van der Waals surface area contributed by atoms with E-state index in [-0.39, 0.29) is 0 Å². The van der Waals surface area contributed by atoms with Crippen LogP contribution in [0.15, 0.2) is 30.6 Å². The normalized spacial score (nSPS) is 27.1. The van der Waals surface area contributed by atoms with Crippen molar-refractivity contribution in [3.63, 3.8) is 0 Å². The average Bonchev–Trinajstić information content (AvgIpc) is 3.32. The molecule has 4 atom stereocenters. The smallest absolute Gasteiger partial charge is 0.226 e. The zero-order valence-electron chi connectivity index (χ0n) is 17.6. The molecule has 0 saturated carbocycles. The third kappa shape index (κ3) is 3.66. The Kier molecular flexibility index (Phi) is 5.13. The second kappa shape index (κ2) is 7.80. The van der Waals surface area contributed by atoms with E-state index in [0.29, 0.717) is 28.8 Å². The number of aromatic nitrogens is 4. The van der Waals surface area contributed by atoms with Crippen molar-refractivity contribution >= 4 is 23.2 Å². The quantitative estimate of drug-likeness (QED) is 0.670. The molecular weight excluding hydrogens is 398 g/mol. The van der Waals surface area contributed by atoms with Gasteiger partial charge in [-0.3, -0.25) is 15.3 Å². The van der Waals surface area contributed by atoms with Crippen LogP contribution in [0, 0.1) is 24.7 Å². The van der Waals surface area contributed by atoms with E-state index in [4.69, 9.17) is 21.6 Å². The average molecular weight is 426 g/mol. The van der Waals surface area contributed by atoms with Crippen molar-refractivity contribution in [2.45, 2.75) is 33.2 Å². The lowest BCUT2D eigenvalue weighted by Crippen LogP contribution is -2.45. The molecule has 0 bridgehead atoms. The second-order valence-electron chi connectivity index (χ2n) is 8.90. The zero-order valence-corrected chi connectivity index (χ0v) is 18.4. The van der Waals surface area contributed by atoms with Gasteiger partial charge in [0.1, 0.15) is 5.65 Å². The van der Waals surface area contributed by atoms with Crippen LogP contribution < -0.4 is 15.8 Å². The topological polar surface area (TPSA) is 70.4 Å². The molecule has 158 valence electrons. The van der Waals surface area contributed by atoms with Crippen molar-refractivity contribution in [2.75, 3.05) is 24.5 Å². The minimum Gasteiger partial charge on any atom is -0.340 e. The van der Waals surface area contributed by atoms with Crippen LogP contribution >= 0.6 is 11.6 Å². The molecule has 2 fully saturated rings. The highest BCUT2D eigenvalue weighted by molar-refractivity contribution is 6.30. The molecule has 3 aromatic heterocycles. The number of nitrogens with zero attached hydrogens (tertiary/aromatic N) is 5. The Labute approximate surface area is 181 Å². The van der Waals surface area contributed by atoms with Crippen molar-refractivity contribution in [2.24, 2.45) is 17.8 Å². The summed E-state index contributed by atoms with van der Waals surface area (Å²) in [4.78, 5) is 16.7. The highest BCUT2D eigenvalue weighted by Gasteiger charge is 2.36. The van der Waals surface area contributed by atoms with Gasteiger partial charge >= 0.3 is 0 Å². The van der Waals surface area contributed by atoms with E-state index < -0.39 is 0 Å². The summed E-state index contributed by atoms with van der Waals surface area (Å²) in [6.07, 6.45) is 4.99. The van der Waals surface area contributed by atoms with Crippen LogP contribution in [0.4, 0.5) is 5.95 Å². The minimum atomic E-state index is 0.485. The first-order chi connectivity index (χ1) is 14.5. The molecule has 30 heavy (non-hydrogen) atoms. The van der Waals surface area contributed by atoms with Gasteiger partial charge in [-0.15, -0.1) is 0 Å². The van der Waals surface area contributed by atoms with E-state index in [1.807, 2.05) is 41.9 Å². The summed E-state index contributed by atoms with van der Waals surface area (Å²) < 4.78 is 1.99. The number of hydrogen-bond donors (Lipinski definition) is 2. The molecule has 0 spiro atoms. The number of aryl methyl sites for hydroxylation is 1. The fourth-order valence-electron chi connectivity index (χ4n) is 5.04. The molecule has 0 radical (unpaired) electrons. The lowest BCUT2D eigenvalue weighted by molar-refractivity contribution is 0.238. The summed E-state index contributed by atoms with van der Waals surface area (Å²) >= 11 is 6.23. The summed E-state index contributed by atoms with van der Waals surface area (Å²) in [6.45, 7) is 9.64. The summed E-state index contributed by atoms with van der Waals surface area (Å²) in [5.41, 5.74) is 10.3. The van der Waals surface area contributed by atoms with Gasteiger partial charge in [0.2, 0.25) is 5.95 Å². The first kappa shape index (κ1) is 19.7. The molecule has 2 aliphatic rings. The molecule has 0 amide bonds. The number of fused-ring (bicyclic) bond motifs is 1. The van der Waals surface area contributed by atoms with Gasteiger partial charge in [-0.05, 0) is 56.2 Å². The van der Waals surface area contributed by atoms with Gasteiger partial charge in [0.05, 0.1) is 22.6 Å². The molecule has 2 saturated heterocycles. The minimum absolute atomic E-state index is 0.485. The first-order valence-corrected chi connectivity index (χ1v) is 11.1. The van der Waals surface area contributed by atoms with Crippen molar-refractivity contribution in [1.29, 1.82) is 0 Å². The van der Waals surface area contributed by atoms with Crippen LogP contribution in [0.3, 0.4) is 0 Å². The van der Waals surface area contributed by atoms with Crippen LogP contribution in [0.2, 0.25) is 5.02 Å². The maximum atomic E-state index is 6.23. The first-order valence-electron chi connectivity index (χ1n) is 10.7. The number of anilines is 1. The van der Waals surface area contributed by atoms with E-state index in [1.54, 1.807) is 0 Å². The molecule has 0 aliphatic carbocycles. The van der Waals surface area contributed by atoms with E-state index >= 15 is 0 Å². The Morgan fingerprint density at radius 3 is 2.83 bits per heavy atom. The number of hydrogen-bond acceptors (Lipinski definition) is 6. The SMILES string of the molecule is Cc1cc(-c2cnc3ccc(Cl)cn23)nc(N2C[C@@H](C)C[C@H](C3CNNC3C)C2)n1. The van der Waals surface area contributed by atoms with E-state index in [0.717, 1.165) is 48.3 Å². The van der Waals surface area contributed by atoms with Crippen molar-refractivity contribution in [1.82, 2.24) is 30.2 Å². The van der Waals surface area contributed by atoms with Gasteiger partial charge in [-0.2, -0.15) is 0 Å². The number of piperidine rings is 1. The van der Waals surface area contributed by atoms with Crippen molar-refractivity contribution in [3.8, 4) is 11.4 Å². The standard InChI is InChI=1S/C22H28ClN7/c1-13-6-16(18-8-25-28-15(18)3)11-29(10-13)22-26-14(2)7-19(27-22)20-9-24-21-5-4-17(23)12-30(20)21/h4-5,7,9,12-13,15-16,18,25,28H,6,8,10-11H2,1-3H3/t13-,15?,16-,18?/m0/s1. The zero-order chi connectivity index (χ0) is 20.8. The molecule has 7 nitrogen and oxygen atoms in total. The maximum absolute atomic E-state index is 6.23. The largest absolute Gasteiger partial charge is 0.340 e. The molecule has 0 aromatic carbocycles.